The molecule has 0 radical (unpaired) electrons. The molecular weight excluding hydrogens is 210 g/mol. The van der Waals surface area contributed by atoms with E-state index in [-0.39, 0.29) is 11.3 Å². The van der Waals surface area contributed by atoms with Gasteiger partial charge in [-0.1, -0.05) is 20.8 Å². The van der Waals surface area contributed by atoms with Gasteiger partial charge in [-0.05, 0) is 6.92 Å². The number of rotatable bonds is 2. The van der Waals surface area contributed by atoms with Gasteiger partial charge in [0.1, 0.15) is 0 Å². The van der Waals surface area contributed by atoms with Crippen molar-refractivity contribution in [2.24, 2.45) is 5.73 Å². The Kier molecular flexibility index (Phi) is 3.46. The van der Waals surface area contributed by atoms with Crippen molar-refractivity contribution in [2.45, 2.75) is 39.2 Å². The largest absolute Gasteiger partial charge is 0.320 e. The topological polar surface area (TPSA) is 68.0 Å². The zero-order chi connectivity index (χ0) is 11.6. The van der Waals surface area contributed by atoms with E-state index in [9.17, 15) is 4.79 Å². The van der Waals surface area contributed by atoms with Crippen LogP contribution >= 0.6 is 11.3 Å². The number of hydrogen-bond acceptors (Lipinski definition) is 4. The lowest BCUT2D eigenvalue weighted by Crippen LogP contribution is -2.32. The van der Waals surface area contributed by atoms with E-state index >= 15 is 0 Å². The average molecular weight is 227 g/mol. The fraction of sp³-hybridized carbons (Fsp3) is 0.600. The summed E-state index contributed by atoms with van der Waals surface area (Å²) in [6.45, 7) is 7.89. The lowest BCUT2D eigenvalue weighted by Gasteiger charge is -2.14. The van der Waals surface area contributed by atoms with Crippen LogP contribution in [0, 0.1) is 0 Å². The SMILES string of the molecule is C[C@H](N)C(=O)Nc1nc(C(C)(C)C)cs1. The number of aromatic nitrogens is 1. The van der Waals surface area contributed by atoms with Crippen molar-refractivity contribution < 1.29 is 4.79 Å². The van der Waals surface area contributed by atoms with Gasteiger partial charge in [-0.3, -0.25) is 4.79 Å². The first kappa shape index (κ1) is 12.1. The second-order valence-electron chi connectivity index (χ2n) is 4.57. The van der Waals surface area contributed by atoms with E-state index in [1.165, 1.54) is 11.3 Å². The minimum Gasteiger partial charge on any atom is -0.320 e. The maximum Gasteiger partial charge on any atom is 0.242 e. The van der Waals surface area contributed by atoms with Gasteiger partial charge in [-0.25, -0.2) is 4.98 Å². The molecule has 0 saturated carbocycles. The number of anilines is 1. The summed E-state index contributed by atoms with van der Waals surface area (Å²) in [5.74, 6) is -0.204. The Balaban J connectivity index is 2.73. The normalized spacial score (nSPS) is 13.7. The predicted molar refractivity (Wildman–Crippen MR) is 63.1 cm³/mol. The van der Waals surface area contributed by atoms with Crippen LogP contribution in [0.2, 0.25) is 0 Å². The Morgan fingerprint density at radius 2 is 2.20 bits per heavy atom. The van der Waals surface area contributed by atoms with E-state index in [1.54, 1.807) is 6.92 Å². The van der Waals surface area contributed by atoms with Crippen LogP contribution in [0.15, 0.2) is 5.38 Å². The van der Waals surface area contributed by atoms with Crippen molar-refractivity contribution in [1.29, 1.82) is 0 Å². The third-order valence-corrected chi connectivity index (χ3v) is 2.67. The lowest BCUT2D eigenvalue weighted by molar-refractivity contribution is -0.117. The maximum atomic E-state index is 11.3. The van der Waals surface area contributed by atoms with E-state index in [1.807, 2.05) is 5.38 Å². The highest BCUT2D eigenvalue weighted by molar-refractivity contribution is 7.13. The van der Waals surface area contributed by atoms with Crippen LogP contribution in [0.4, 0.5) is 5.13 Å². The Bertz CT molecular complexity index is 352. The van der Waals surface area contributed by atoms with Crippen molar-refractivity contribution >= 4 is 22.4 Å². The van der Waals surface area contributed by atoms with Gasteiger partial charge >= 0.3 is 0 Å². The molecule has 1 atom stereocenters. The monoisotopic (exact) mass is 227 g/mol. The highest BCUT2D eigenvalue weighted by atomic mass is 32.1. The third-order valence-electron chi connectivity index (χ3n) is 1.92. The van der Waals surface area contributed by atoms with Gasteiger partial charge in [0.2, 0.25) is 5.91 Å². The van der Waals surface area contributed by atoms with Crippen LogP contribution in [-0.2, 0) is 10.2 Å². The van der Waals surface area contributed by atoms with Gasteiger partial charge in [0, 0.05) is 10.8 Å². The van der Waals surface area contributed by atoms with Crippen molar-refractivity contribution in [3.63, 3.8) is 0 Å². The molecule has 0 fully saturated rings. The molecular formula is C10H17N3OS. The van der Waals surface area contributed by atoms with Crippen LogP contribution < -0.4 is 11.1 Å². The van der Waals surface area contributed by atoms with Crippen molar-refractivity contribution in [2.75, 3.05) is 5.32 Å². The predicted octanol–water partition coefficient (Wildman–Crippen LogP) is 1.73. The molecule has 1 amide bonds. The van der Waals surface area contributed by atoms with E-state index in [0.29, 0.717) is 5.13 Å². The molecule has 4 nitrogen and oxygen atoms in total. The molecule has 84 valence electrons. The summed E-state index contributed by atoms with van der Waals surface area (Å²) in [4.78, 5) is 15.6. The number of nitrogens with two attached hydrogens (primary N) is 1. The summed E-state index contributed by atoms with van der Waals surface area (Å²) in [6.07, 6.45) is 0. The van der Waals surface area contributed by atoms with E-state index in [2.05, 4.69) is 31.1 Å². The smallest absolute Gasteiger partial charge is 0.242 e. The molecule has 0 unspecified atom stereocenters. The molecule has 0 aromatic carbocycles. The zero-order valence-corrected chi connectivity index (χ0v) is 10.3. The minimum atomic E-state index is -0.507. The molecule has 0 aliphatic carbocycles. The summed E-state index contributed by atoms with van der Waals surface area (Å²) >= 11 is 1.42. The van der Waals surface area contributed by atoms with Crippen LogP contribution in [0.25, 0.3) is 0 Å². The minimum absolute atomic E-state index is 0.00775. The molecule has 1 aromatic heterocycles. The van der Waals surface area contributed by atoms with E-state index < -0.39 is 6.04 Å². The number of nitrogens with zero attached hydrogens (tertiary/aromatic N) is 1. The maximum absolute atomic E-state index is 11.3. The quantitative estimate of drug-likeness (QED) is 0.808. The molecule has 15 heavy (non-hydrogen) atoms. The number of thiazole rings is 1. The van der Waals surface area contributed by atoms with Crippen LogP contribution in [-0.4, -0.2) is 16.9 Å². The summed E-state index contributed by atoms with van der Waals surface area (Å²) in [6, 6.07) is -0.507. The first-order chi connectivity index (χ1) is 6.80. The molecule has 0 spiro atoms. The Morgan fingerprint density at radius 3 is 2.60 bits per heavy atom. The summed E-state index contributed by atoms with van der Waals surface area (Å²) < 4.78 is 0. The fourth-order valence-corrected chi connectivity index (χ4v) is 1.83. The van der Waals surface area contributed by atoms with Gasteiger partial charge in [0.15, 0.2) is 5.13 Å². The van der Waals surface area contributed by atoms with Crippen molar-refractivity contribution in [3.05, 3.63) is 11.1 Å². The number of carbonyl (C=O) groups is 1. The van der Waals surface area contributed by atoms with Crippen LogP contribution in [0.3, 0.4) is 0 Å². The molecule has 1 aromatic rings. The first-order valence-electron chi connectivity index (χ1n) is 4.83. The van der Waals surface area contributed by atoms with E-state index in [4.69, 9.17) is 5.73 Å². The molecule has 0 aliphatic rings. The van der Waals surface area contributed by atoms with Crippen LogP contribution in [0.5, 0.6) is 0 Å². The van der Waals surface area contributed by atoms with Crippen LogP contribution in [0.1, 0.15) is 33.4 Å². The van der Waals surface area contributed by atoms with Gasteiger partial charge in [0.25, 0.3) is 0 Å². The number of hydrogen-bond donors (Lipinski definition) is 2. The lowest BCUT2D eigenvalue weighted by atomic mass is 9.93. The number of nitrogens with one attached hydrogen (secondary N) is 1. The summed E-state index contributed by atoms with van der Waals surface area (Å²) in [5, 5.41) is 5.25. The first-order valence-corrected chi connectivity index (χ1v) is 5.71. The average Bonchev–Trinajstić information content (AvgIpc) is 2.51. The zero-order valence-electron chi connectivity index (χ0n) is 9.50. The molecule has 0 saturated heterocycles. The third kappa shape index (κ3) is 3.28. The van der Waals surface area contributed by atoms with Crippen molar-refractivity contribution in [3.8, 4) is 0 Å². The summed E-state index contributed by atoms with van der Waals surface area (Å²) in [5.41, 5.74) is 6.43. The summed E-state index contributed by atoms with van der Waals surface area (Å²) in [7, 11) is 0. The highest BCUT2D eigenvalue weighted by Crippen LogP contribution is 2.26. The molecule has 1 heterocycles. The van der Waals surface area contributed by atoms with Gasteiger partial charge in [0.05, 0.1) is 11.7 Å². The molecule has 0 aliphatic heterocycles. The standard InChI is InChI=1S/C10H17N3OS/c1-6(11)8(14)13-9-12-7(5-15-9)10(2,3)4/h5-6H,11H2,1-4H3,(H,12,13,14)/t6-/m0/s1. The van der Waals surface area contributed by atoms with Gasteiger partial charge < -0.3 is 11.1 Å². The number of carbonyl (C=O) groups excluding carboxylic acids is 1. The second kappa shape index (κ2) is 4.28. The van der Waals surface area contributed by atoms with Crippen molar-refractivity contribution in [1.82, 2.24) is 4.98 Å². The molecule has 1 rings (SSSR count). The fourth-order valence-electron chi connectivity index (χ4n) is 0.895. The molecule has 5 heteroatoms. The molecule has 3 N–H and O–H groups in total. The Morgan fingerprint density at radius 1 is 1.60 bits per heavy atom. The Hall–Kier alpha value is -0.940. The van der Waals surface area contributed by atoms with Gasteiger partial charge in [-0.2, -0.15) is 0 Å². The highest BCUT2D eigenvalue weighted by Gasteiger charge is 2.18. The van der Waals surface area contributed by atoms with Gasteiger partial charge in [-0.15, -0.1) is 11.3 Å². The number of amides is 1. The second-order valence-corrected chi connectivity index (χ2v) is 5.42. The Labute approximate surface area is 93.9 Å². The van der Waals surface area contributed by atoms with E-state index in [0.717, 1.165) is 5.69 Å². The molecule has 0 bridgehead atoms.